The zero-order chi connectivity index (χ0) is 18.1. The van der Waals surface area contributed by atoms with E-state index >= 15 is 0 Å². The van der Waals surface area contributed by atoms with E-state index < -0.39 is 11.9 Å². The van der Waals surface area contributed by atoms with Crippen molar-refractivity contribution in [3.63, 3.8) is 0 Å². The van der Waals surface area contributed by atoms with E-state index in [0.29, 0.717) is 13.0 Å². The van der Waals surface area contributed by atoms with Crippen LogP contribution in [-0.2, 0) is 14.2 Å². The molecule has 0 amide bonds. The summed E-state index contributed by atoms with van der Waals surface area (Å²) in [5.41, 5.74) is 4.54. The molecule has 3 atom stereocenters. The van der Waals surface area contributed by atoms with Crippen LogP contribution in [0.5, 0.6) is 0 Å². The minimum atomic E-state index is -0.438. The Morgan fingerprint density at radius 3 is 2.50 bits per heavy atom. The molecule has 2 N–H and O–H groups in total. The summed E-state index contributed by atoms with van der Waals surface area (Å²) in [6.45, 7) is 12.4. The Kier molecular flexibility index (Phi) is 5.37. The minimum absolute atomic E-state index is 0.165. The Morgan fingerprint density at radius 1 is 1.29 bits per heavy atom. The molecule has 0 unspecified atom stereocenters. The van der Waals surface area contributed by atoms with Crippen molar-refractivity contribution in [2.75, 3.05) is 12.3 Å². The van der Waals surface area contributed by atoms with Crippen LogP contribution in [0, 0.1) is 0 Å². The number of nitrogens with zero attached hydrogens (tertiary/aromatic N) is 2. The lowest BCUT2D eigenvalue weighted by Crippen LogP contribution is -2.37. The molecule has 1 aromatic rings. The van der Waals surface area contributed by atoms with Crippen LogP contribution >= 0.6 is 0 Å². The average molecular weight is 339 g/mol. The first-order chi connectivity index (χ1) is 10.9. The molecular weight excluding hydrogens is 310 g/mol. The molecule has 1 aromatic heterocycles. The summed E-state index contributed by atoms with van der Waals surface area (Å²) in [7, 11) is 0. The molecular formula is C17H29N3O4. The van der Waals surface area contributed by atoms with Crippen LogP contribution in [0.25, 0.3) is 0 Å². The van der Waals surface area contributed by atoms with Gasteiger partial charge in [-0.05, 0) is 47.6 Å². The van der Waals surface area contributed by atoms with E-state index in [9.17, 15) is 4.79 Å². The highest BCUT2D eigenvalue weighted by atomic mass is 16.6. The zero-order valence-corrected chi connectivity index (χ0v) is 15.4. The summed E-state index contributed by atoms with van der Waals surface area (Å²) in [6.07, 6.45) is 1.31. The zero-order valence-electron chi connectivity index (χ0n) is 15.4. The fourth-order valence-electron chi connectivity index (χ4n) is 2.58. The van der Waals surface area contributed by atoms with E-state index in [2.05, 4.69) is 4.98 Å². The molecule has 0 aliphatic carbocycles. The summed E-state index contributed by atoms with van der Waals surface area (Å²) in [4.78, 5) is 15.8. The van der Waals surface area contributed by atoms with Crippen LogP contribution < -0.4 is 11.4 Å². The van der Waals surface area contributed by atoms with Crippen LogP contribution in [0.2, 0.25) is 0 Å². The van der Waals surface area contributed by atoms with Gasteiger partial charge in [0.15, 0.2) is 0 Å². The molecule has 1 saturated heterocycles. The van der Waals surface area contributed by atoms with Crippen LogP contribution in [0.1, 0.15) is 54.2 Å². The third kappa shape index (κ3) is 5.29. The molecule has 0 radical (unpaired) electrons. The van der Waals surface area contributed by atoms with Gasteiger partial charge in [0.1, 0.15) is 18.1 Å². The first-order valence-electron chi connectivity index (χ1n) is 8.26. The molecule has 7 heteroatoms. The van der Waals surface area contributed by atoms with Crippen molar-refractivity contribution in [2.24, 2.45) is 0 Å². The second kappa shape index (κ2) is 6.82. The highest BCUT2D eigenvalue weighted by Crippen LogP contribution is 2.33. The highest BCUT2D eigenvalue weighted by Gasteiger charge is 2.40. The van der Waals surface area contributed by atoms with Gasteiger partial charge in [0, 0.05) is 12.6 Å². The Hall–Kier alpha value is -1.44. The Labute approximate surface area is 143 Å². The molecule has 1 aliphatic rings. The van der Waals surface area contributed by atoms with Gasteiger partial charge in [-0.2, -0.15) is 4.98 Å². The normalized spacial score (nSPS) is 25.2. The summed E-state index contributed by atoms with van der Waals surface area (Å²) >= 11 is 0. The van der Waals surface area contributed by atoms with Crippen molar-refractivity contribution < 1.29 is 14.2 Å². The maximum atomic E-state index is 12.1. The van der Waals surface area contributed by atoms with Crippen molar-refractivity contribution in [3.8, 4) is 0 Å². The topological polar surface area (TPSA) is 88.6 Å². The SMILES string of the molecule is CC(C)(C)OC[C@H]1O[C@@H](n2ccc(N)nc2=O)C[C@H]1OC(C)(C)C. The number of ether oxygens (including phenoxy) is 3. The van der Waals surface area contributed by atoms with Gasteiger partial charge in [0.2, 0.25) is 0 Å². The second-order valence-corrected chi connectivity index (χ2v) is 8.10. The third-order valence-corrected chi connectivity index (χ3v) is 3.53. The summed E-state index contributed by atoms with van der Waals surface area (Å²) in [5, 5.41) is 0. The molecule has 0 aromatic carbocycles. The fourth-order valence-corrected chi connectivity index (χ4v) is 2.58. The summed E-state index contributed by atoms with van der Waals surface area (Å²) in [5.74, 6) is 0.198. The predicted octanol–water partition coefficient (Wildman–Crippen LogP) is 2.11. The standard InChI is InChI=1S/C17H29N3O4/c1-16(2,3)22-10-12-11(24-17(4,5)6)9-14(23-12)20-8-7-13(18)19-15(20)21/h7-8,11-12,14H,9-10H2,1-6H3,(H2,18,19,21)/t11-,12-,14-/m1/s1. The fraction of sp³-hybridized carbons (Fsp3) is 0.765. The van der Waals surface area contributed by atoms with E-state index in [1.165, 1.54) is 4.57 Å². The lowest BCUT2D eigenvalue weighted by Gasteiger charge is -2.29. The van der Waals surface area contributed by atoms with Gasteiger partial charge < -0.3 is 19.9 Å². The van der Waals surface area contributed by atoms with Crippen molar-refractivity contribution >= 4 is 5.82 Å². The van der Waals surface area contributed by atoms with Crippen molar-refractivity contribution in [3.05, 3.63) is 22.7 Å². The van der Waals surface area contributed by atoms with E-state index in [0.717, 1.165) is 0 Å². The quantitative estimate of drug-likeness (QED) is 0.904. The molecule has 0 spiro atoms. The lowest BCUT2D eigenvalue weighted by atomic mass is 10.1. The number of nitrogens with two attached hydrogens (primary N) is 1. The van der Waals surface area contributed by atoms with E-state index in [4.69, 9.17) is 19.9 Å². The predicted molar refractivity (Wildman–Crippen MR) is 91.8 cm³/mol. The molecule has 0 bridgehead atoms. The molecule has 2 rings (SSSR count). The number of hydrogen-bond acceptors (Lipinski definition) is 6. The van der Waals surface area contributed by atoms with Gasteiger partial charge in [-0.15, -0.1) is 0 Å². The minimum Gasteiger partial charge on any atom is -0.383 e. The average Bonchev–Trinajstić information content (AvgIpc) is 2.76. The third-order valence-electron chi connectivity index (χ3n) is 3.53. The van der Waals surface area contributed by atoms with Gasteiger partial charge in [-0.25, -0.2) is 4.79 Å². The van der Waals surface area contributed by atoms with Crippen LogP contribution in [0.4, 0.5) is 5.82 Å². The van der Waals surface area contributed by atoms with Crippen LogP contribution in [0.3, 0.4) is 0 Å². The smallest absolute Gasteiger partial charge is 0.351 e. The summed E-state index contributed by atoms with van der Waals surface area (Å²) in [6, 6.07) is 1.59. The van der Waals surface area contributed by atoms with Crippen LogP contribution in [-0.4, -0.2) is 39.6 Å². The Bertz CT molecular complexity index is 615. The van der Waals surface area contributed by atoms with Crippen LogP contribution in [0.15, 0.2) is 17.1 Å². The molecule has 7 nitrogen and oxygen atoms in total. The summed E-state index contributed by atoms with van der Waals surface area (Å²) < 4.78 is 19.5. The Morgan fingerprint density at radius 2 is 1.96 bits per heavy atom. The maximum Gasteiger partial charge on any atom is 0.351 e. The van der Waals surface area contributed by atoms with Gasteiger partial charge in [-0.3, -0.25) is 4.57 Å². The van der Waals surface area contributed by atoms with Gasteiger partial charge in [0.25, 0.3) is 0 Å². The van der Waals surface area contributed by atoms with Gasteiger partial charge >= 0.3 is 5.69 Å². The molecule has 136 valence electrons. The van der Waals surface area contributed by atoms with Gasteiger partial charge in [-0.1, -0.05) is 0 Å². The van der Waals surface area contributed by atoms with Crippen molar-refractivity contribution in [1.29, 1.82) is 0 Å². The molecule has 1 fully saturated rings. The van der Waals surface area contributed by atoms with E-state index in [1.807, 2.05) is 41.5 Å². The first kappa shape index (κ1) is 18.9. The molecule has 24 heavy (non-hydrogen) atoms. The largest absolute Gasteiger partial charge is 0.383 e. The van der Waals surface area contributed by atoms with E-state index in [-0.39, 0.29) is 29.2 Å². The lowest BCUT2D eigenvalue weighted by molar-refractivity contribution is -0.132. The van der Waals surface area contributed by atoms with Gasteiger partial charge in [0.05, 0.1) is 23.9 Å². The molecule has 2 heterocycles. The second-order valence-electron chi connectivity index (χ2n) is 8.10. The Balaban J connectivity index is 2.17. The maximum absolute atomic E-state index is 12.1. The number of anilines is 1. The van der Waals surface area contributed by atoms with Crippen molar-refractivity contribution in [2.45, 2.75) is 77.6 Å². The number of hydrogen-bond donors (Lipinski definition) is 1. The first-order valence-corrected chi connectivity index (χ1v) is 8.26. The monoisotopic (exact) mass is 339 g/mol. The molecule has 1 aliphatic heterocycles. The number of nitrogen functional groups attached to an aromatic ring is 1. The van der Waals surface area contributed by atoms with E-state index in [1.54, 1.807) is 12.3 Å². The van der Waals surface area contributed by atoms with Crippen molar-refractivity contribution in [1.82, 2.24) is 9.55 Å². The molecule has 0 saturated carbocycles. The number of rotatable bonds is 4. The number of aromatic nitrogens is 2. The highest BCUT2D eigenvalue weighted by molar-refractivity contribution is 5.23.